The Morgan fingerprint density at radius 3 is 3.55 bits per heavy atom. The summed E-state index contributed by atoms with van der Waals surface area (Å²) in [5.41, 5.74) is 2.65. The highest BCUT2D eigenvalue weighted by atomic mass is 32.2. The SMILES string of the molecule is C1=Cc2c(nn3c2SCC3)C1. The number of aromatic nitrogens is 2. The van der Waals surface area contributed by atoms with Gasteiger partial charge in [-0.2, -0.15) is 5.10 Å². The van der Waals surface area contributed by atoms with E-state index in [1.165, 1.54) is 22.0 Å². The van der Waals surface area contributed by atoms with Crippen LogP contribution in [0.3, 0.4) is 0 Å². The van der Waals surface area contributed by atoms with Crippen molar-refractivity contribution >= 4 is 17.8 Å². The zero-order valence-electron chi connectivity index (χ0n) is 6.08. The minimum Gasteiger partial charge on any atom is -0.257 e. The van der Waals surface area contributed by atoms with E-state index in [0.717, 1.165) is 13.0 Å². The van der Waals surface area contributed by atoms with Crippen LogP contribution in [0.1, 0.15) is 11.3 Å². The lowest BCUT2D eigenvalue weighted by molar-refractivity contribution is 0.626. The number of thioether (sulfide) groups is 1. The number of nitrogens with zero attached hydrogens (tertiary/aromatic N) is 2. The summed E-state index contributed by atoms with van der Waals surface area (Å²) >= 11 is 1.93. The summed E-state index contributed by atoms with van der Waals surface area (Å²) in [7, 11) is 0. The van der Waals surface area contributed by atoms with Crippen molar-refractivity contribution in [2.75, 3.05) is 5.75 Å². The van der Waals surface area contributed by atoms with Gasteiger partial charge in [0.2, 0.25) is 0 Å². The Bertz CT molecular complexity index is 338. The highest BCUT2D eigenvalue weighted by Crippen LogP contribution is 2.34. The first kappa shape index (κ1) is 5.89. The maximum absolute atomic E-state index is 4.50. The average molecular weight is 164 g/mol. The van der Waals surface area contributed by atoms with Gasteiger partial charge < -0.3 is 0 Å². The third-order valence-corrected chi connectivity index (χ3v) is 3.25. The predicted molar refractivity (Wildman–Crippen MR) is 45.7 cm³/mol. The van der Waals surface area contributed by atoms with Gasteiger partial charge in [-0.15, -0.1) is 11.8 Å². The first-order chi connectivity index (χ1) is 5.45. The molecule has 2 heterocycles. The topological polar surface area (TPSA) is 17.8 Å². The van der Waals surface area contributed by atoms with Crippen LogP contribution in [0.4, 0.5) is 0 Å². The van der Waals surface area contributed by atoms with Gasteiger partial charge >= 0.3 is 0 Å². The van der Waals surface area contributed by atoms with Crippen molar-refractivity contribution < 1.29 is 0 Å². The Labute approximate surface area is 69.3 Å². The van der Waals surface area contributed by atoms with E-state index in [-0.39, 0.29) is 0 Å². The van der Waals surface area contributed by atoms with E-state index in [9.17, 15) is 0 Å². The molecule has 2 nitrogen and oxygen atoms in total. The molecule has 3 heteroatoms. The molecule has 0 N–H and O–H groups in total. The van der Waals surface area contributed by atoms with Crippen LogP contribution in [0.25, 0.3) is 6.08 Å². The minimum absolute atomic E-state index is 1.04. The maximum atomic E-state index is 4.50. The fraction of sp³-hybridized carbons (Fsp3) is 0.375. The second-order valence-electron chi connectivity index (χ2n) is 2.84. The number of allylic oxidation sites excluding steroid dienone is 1. The Hall–Kier alpha value is -0.700. The molecule has 1 aromatic heterocycles. The lowest BCUT2D eigenvalue weighted by Gasteiger charge is -1.90. The number of fused-ring (bicyclic) bond motifs is 3. The molecule has 0 unspecified atom stereocenters. The number of hydrogen-bond donors (Lipinski definition) is 0. The molecule has 1 aromatic rings. The molecule has 0 amide bonds. The van der Waals surface area contributed by atoms with Gasteiger partial charge in [0.1, 0.15) is 5.03 Å². The van der Waals surface area contributed by atoms with Crippen LogP contribution in [0.5, 0.6) is 0 Å². The number of aryl methyl sites for hydroxylation is 1. The summed E-state index contributed by atoms with van der Waals surface area (Å²) in [6, 6.07) is 0. The first-order valence-electron chi connectivity index (χ1n) is 3.84. The lowest BCUT2D eigenvalue weighted by atomic mass is 10.3. The molecule has 2 aliphatic rings. The molecule has 0 saturated heterocycles. The number of rotatable bonds is 0. The highest BCUT2D eigenvalue weighted by Gasteiger charge is 2.21. The minimum atomic E-state index is 1.04. The third-order valence-electron chi connectivity index (χ3n) is 2.15. The van der Waals surface area contributed by atoms with Gasteiger partial charge in [-0.1, -0.05) is 12.2 Å². The van der Waals surface area contributed by atoms with Crippen LogP contribution in [0.2, 0.25) is 0 Å². The van der Waals surface area contributed by atoms with E-state index in [4.69, 9.17) is 0 Å². The van der Waals surface area contributed by atoms with Crippen molar-refractivity contribution in [3.05, 3.63) is 17.3 Å². The molecule has 56 valence electrons. The number of hydrogen-bond acceptors (Lipinski definition) is 2. The molecule has 1 aliphatic carbocycles. The molecule has 0 spiro atoms. The Kier molecular flexibility index (Phi) is 1.02. The van der Waals surface area contributed by atoms with Gasteiger partial charge in [0.15, 0.2) is 0 Å². The molecule has 0 bridgehead atoms. The van der Waals surface area contributed by atoms with Gasteiger partial charge in [0.25, 0.3) is 0 Å². The van der Waals surface area contributed by atoms with E-state index in [1.54, 1.807) is 0 Å². The van der Waals surface area contributed by atoms with Gasteiger partial charge in [0.05, 0.1) is 12.2 Å². The zero-order valence-corrected chi connectivity index (χ0v) is 6.90. The van der Waals surface area contributed by atoms with Gasteiger partial charge in [-0.3, -0.25) is 4.68 Å². The van der Waals surface area contributed by atoms with Crippen molar-refractivity contribution in [3.63, 3.8) is 0 Å². The summed E-state index contributed by atoms with van der Waals surface area (Å²) in [5, 5.41) is 5.89. The van der Waals surface area contributed by atoms with E-state index in [2.05, 4.69) is 21.9 Å². The normalized spacial score (nSPS) is 18.9. The highest BCUT2D eigenvalue weighted by molar-refractivity contribution is 7.99. The molecule has 0 aromatic carbocycles. The summed E-state index contributed by atoms with van der Waals surface area (Å²) in [6.07, 6.45) is 5.43. The molecule has 0 fully saturated rings. The van der Waals surface area contributed by atoms with E-state index in [0.29, 0.717) is 0 Å². The molecule has 0 atom stereocenters. The van der Waals surface area contributed by atoms with Crippen LogP contribution in [-0.4, -0.2) is 15.5 Å². The summed E-state index contributed by atoms with van der Waals surface area (Å²) in [5.74, 6) is 1.20. The molecule has 0 saturated carbocycles. The largest absolute Gasteiger partial charge is 0.257 e. The first-order valence-corrected chi connectivity index (χ1v) is 4.83. The molecule has 1 aliphatic heterocycles. The predicted octanol–water partition coefficient (Wildman–Crippen LogP) is 1.56. The summed E-state index contributed by atoms with van der Waals surface area (Å²) < 4.78 is 2.14. The smallest absolute Gasteiger partial charge is 0.102 e. The van der Waals surface area contributed by atoms with Crippen molar-refractivity contribution in [1.29, 1.82) is 0 Å². The lowest BCUT2D eigenvalue weighted by Crippen LogP contribution is -1.96. The standard InChI is InChI=1S/C8H8N2S/c1-2-6-7(3-1)9-10-4-5-11-8(6)10/h1-2H,3-5H2. The van der Waals surface area contributed by atoms with Gasteiger partial charge in [-0.25, -0.2) is 0 Å². The average Bonchev–Trinajstić information content (AvgIpc) is 2.52. The Morgan fingerprint density at radius 2 is 2.55 bits per heavy atom. The van der Waals surface area contributed by atoms with Crippen LogP contribution in [0, 0.1) is 0 Å². The van der Waals surface area contributed by atoms with E-state index >= 15 is 0 Å². The fourth-order valence-electron chi connectivity index (χ4n) is 1.65. The van der Waals surface area contributed by atoms with E-state index < -0.39 is 0 Å². The molecule has 11 heavy (non-hydrogen) atoms. The van der Waals surface area contributed by atoms with Crippen molar-refractivity contribution in [3.8, 4) is 0 Å². The van der Waals surface area contributed by atoms with Crippen LogP contribution in [-0.2, 0) is 13.0 Å². The molecular formula is C8H8N2S. The molecule has 3 rings (SSSR count). The quantitative estimate of drug-likeness (QED) is 0.579. The third kappa shape index (κ3) is 0.665. The second-order valence-corrected chi connectivity index (χ2v) is 3.93. The van der Waals surface area contributed by atoms with Crippen molar-refractivity contribution in [2.45, 2.75) is 18.0 Å². The van der Waals surface area contributed by atoms with Crippen LogP contribution >= 0.6 is 11.8 Å². The van der Waals surface area contributed by atoms with Crippen molar-refractivity contribution in [1.82, 2.24) is 9.78 Å². The summed E-state index contributed by atoms with van der Waals surface area (Å²) in [6.45, 7) is 1.10. The van der Waals surface area contributed by atoms with Crippen LogP contribution < -0.4 is 0 Å². The maximum Gasteiger partial charge on any atom is 0.102 e. The van der Waals surface area contributed by atoms with Gasteiger partial charge in [0, 0.05) is 17.7 Å². The molecule has 0 radical (unpaired) electrons. The fourth-order valence-corrected chi connectivity index (χ4v) is 2.73. The van der Waals surface area contributed by atoms with Crippen molar-refractivity contribution in [2.24, 2.45) is 0 Å². The Morgan fingerprint density at radius 1 is 1.55 bits per heavy atom. The zero-order chi connectivity index (χ0) is 7.26. The Balaban J connectivity index is 2.28. The monoisotopic (exact) mass is 164 g/mol. The van der Waals surface area contributed by atoms with Crippen LogP contribution in [0.15, 0.2) is 11.1 Å². The summed E-state index contributed by atoms with van der Waals surface area (Å²) in [4.78, 5) is 0. The van der Waals surface area contributed by atoms with E-state index in [1.807, 2.05) is 11.8 Å². The molecular weight excluding hydrogens is 156 g/mol. The second kappa shape index (κ2) is 1.91. The van der Waals surface area contributed by atoms with Gasteiger partial charge in [-0.05, 0) is 0 Å².